The van der Waals surface area contributed by atoms with Crippen LogP contribution in [0.1, 0.15) is 43.5 Å². The molecule has 0 unspecified atom stereocenters. The first-order valence-electron chi connectivity index (χ1n) is 12.8. The van der Waals surface area contributed by atoms with Crippen LogP contribution in [0.5, 0.6) is 11.6 Å². The van der Waals surface area contributed by atoms with Gasteiger partial charge in [0.15, 0.2) is 5.76 Å². The van der Waals surface area contributed by atoms with Crippen LogP contribution in [0.2, 0.25) is 4.34 Å². The Balaban J connectivity index is 1.51. The smallest absolute Gasteiger partial charge is 0.414 e. The van der Waals surface area contributed by atoms with Crippen molar-refractivity contribution >= 4 is 39.9 Å². The zero-order valence-electron chi connectivity index (χ0n) is 22.2. The number of carbonyl (C=O) groups excluding carboxylic acids is 1. The summed E-state index contributed by atoms with van der Waals surface area (Å²) in [5, 5.41) is 27.6. The van der Waals surface area contributed by atoms with Crippen LogP contribution in [0.15, 0.2) is 34.9 Å². The molecule has 5 rings (SSSR count). The van der Waals surface area contributed by atoms with Gasteiger partial charge in [-0.2, -0.15) is 10.5 Å². The molecule has 1 amide bonds. The number of thiophene rings is 1. The van der Waals surface area contributed by atoms with Crippen molar-refractivity contribution in [1.82, 2.24) is 19.9 Å². The Bertz CT molecular complexity index is 1630. The highest BCUT2D eigenvalue weighted by molar-refractivity contribution is 7.19. The number of hydrogen-bond donors (Lipinski definition) is 1. The van der Waals surface area contributed by atoms with Crippen molar-refractivity contribution in [3.63, 3.8) is 0 Å². The Kier molecular flexibility index (Phi) is 7.99. The molecule has 4 aromatic rings. The predicted molar refractivity (Wildman–Crippen MR) is 151 cm³/mol. The number of benzene rings is 1. The molecule has 0 bridgehead atoms. The second-order valence-electron chi connectivity index (χ2n) is 9.75. The number of rotatable bonds is 7. The molecule has 0 atom stereocenters. The summed E-state index contributed by atoms with van der Waals surface area (Å²) >= 11 is 7.43. The summed E-state index contributed by atoms with van der Waals surface area (Å²) < 4.78 is 19.1. The molecule has 0 saturated carbocycles. The number of carbonyl (C=O) groups is 1. The number of methoxy groups -OCH3 is 1. The minimum atomic E-state index is -0.671. The quantitative estimate of drug-likeness (QED) is 0.292. The number of fused-ring (bicyclic) bond motifs is 1. The van der Waals surface area contributed by atoms with Crippen LogP contribution in [-0.2, 0) is 6.54 Å². The molecule has 4 heterocycles. The van der Waals surface area contributed by atoms with Gasteiger partial charge in [0, 0.05) is 31.2 Å². The van der Waals surface area contributed by atoms with Gasteiger partial charge in [-0.25, -0.2) is 4.79 Å². The van der Waals surface area contributed by atoms with Gasteiger partial charge >= 0.3 is 6.09 Å². The summed E-state index contributed by atoms with van der Waals surface area (Å²) in [7, 11) is 1.48. The minimum absolute atomic E-state index is 0.000616. The van der Waals surface area contributed by atoms with Crippen LogP contribution in [-0.4, -0.2) is 53.0 Å². The highest BCUT2D eigenvalue weighted by Crippen LogP contribution is 2.40. The third kappa shape index (κ3) is 5.36. The topological polar surface area (TPSA) is 129 Å². The Morgan fingerprint density at radius 3 is 2.65 bits per heavy atom. The van der Waals surface area contributed by atoms with E-state index in [1.807, 2.05) is 6.07 Å². The molecule has 0 spiro atoms. The van der Waals surface area contributed by atoms with Crippen LogP contribution in [0.3, 0.4) is 0 Å². The molecule has 1 saturated heterocycles. The third-order valence-corrected chi connectivity index (χ3v) is 8.28. The van der Waals surface area contributed by atoms with Crippen molar-refractivity contribution in [3.05, 3.63) is 51.5 Å². The average Bonchev–Trinajstić information content (AvgIpc) is 3.67. The fourth-order valence-corrected chi connectivity index (χ4v) is 6.01. The van der Waals surface area contributed by atoms with Crippen molar-refractivity contribution in [1.29, 1.82) is 10.5 Å². The Hall–Kier alpha value is -4.03. The predicted octanol–water partition coefficient (Wildman–Crippen LogP) is 5.77. The maximum atomic E-state index is 13.1. The fraction of sp³-hybridized carbons (Fsp3) is 0.357. The van der Waals surface area contributed by atoms with Gasteiger partial charge < -0.3 is 28.8 Å². The molecule has 1 aromatic carbocycles. The van der Waals surface area contributed by atoms with Gasteiger partial charge in [-0.3, -0.25) is 0 Å². The van der Waals surface area contributed by atoms with Crippen molar-refractivity contribution in [2.24, 2.45) is 0 Å². The van der Waals surface area contributed by atoms with Gasteiger partial charge in [0.25, 0.3) is 0 Å². The maximum absolute atomic E-state index is 13.1. The molecule has 1 aliphatic heterocycles. The standard InChI is InChI=1S/C28H27ClN6O4S/c1-16(2)34-10-8-18(9-11-34)32-28(36)38-27-20(14-31)25-21(37-3)5-4-17(13-30)26(25)35(27)15-19-12-22(39-33-19)23-6-7-24(29)40-23/h4-7,12,16,18H,8-11,15H2,1-3H3,(H,32,36). The second-order valence-corrected chi connectivity index (χ2v) is 11.5. The molecule has 12 heteroatoms. The Morgan fingerprint density at radius 2 is 2.02 bits per heavy atom. The highest BCUT2D eigenvalue weighted by Gasteiger charge is 2.29. The summed E-state index contributed by atoms with van der Waals surface area (Å²) in [4.78, 5) is 16.3. The van der Waals surface area contributed by atoms with Gasteiger partial charge in [-0.15, -0.1) is 11.3 Å². The average molecular weight is 579 g/mol. The molecule has 3 aromatic heterocycles. The lowest BCUT2D eigenvalue weighted by Gasteiger charge is -2.34. The largest absolute Gasteiger partial charge is 0.496 e. The van der Waals surface area contributed by atoms with Gasteiger partial charge in [0.05, 0.1) is 39.3 Å². The van der Waals surface area contributed by atoms with E-state index in [0.717, 1.165) is 30.8 Å². The monoisotopic (exact) mass is 578 g/mol. The molecule has 0 radical (unpaired) electrons. The second kappa shape index (κ2) is 11.6. The lowest BCUT2D eigenvalue weighted by atomic mass is 10.0. The van der Waals surface area contributed by atoms with E-state index in [4.69, 9.17) is 25.6 Å². The van der Waals surface area contributed by atoms with Crippen molar-refractivity contribution in [3.8, 4) is 34.4 Å². The van der Waals surface area contributed by atoms with Crippen LogP contribution in [0, 0.1) is 22.7 Å². The van der Waals surface area contributed by atoms with E-state index >= 15 is 0 Å². The number of nitrogens with zero attached hydrogens (tertiary/aromatic N) is 5. The molecule has 0 aliphatic carbocycles. The number of piperidine rings is 1. The molecular weight excluding hydrogens is 552 g/mol. The van der Waals surface area contributed by atoms with Crippen molar-refractivity contribution in [2.45, 2.75) is 45.3 Å². The number of nitriles is 2. The zero-order valence-corrected chi connectivity index (χ0v) is 23.8. The lowest BCUT2D eigenvalue weighted by Crippen LogP contribution is -2.47. The minimum Gasteiger partial charge on any atom is -0.496 e. The summed E-state index contributed by atoms with van der Waals surface area (Å²) in [6.45, 7) is 6.12. The van der Waals surface area contributed by atoms with Gasteiger partial charge in [0.2, 0.25) is 5.88 Å². The van der Waals surface area contributed by atoms with E-state index in [1.165, 1.54) is 18.4 Å². The summed E-state index contributed by atoms with van der Waals surface area (Å²) in [5.74, 6) is 0.902. The van der Waals surface area contributed by atoms with Gasteiger partial charge in [-0.1, -0.05) is 16.8 Å². The number of halogens is 1. The number of aromatic nitrogens is 2. The number of nitrogens with one attached hydrogen (secondary N) is 1. The number of ether oxygens (including phenoxy) is 2. The maximum Gasteiger partial charge on any atom is 0.414 e. The van der Waals surface area contributed by atoms with Crippen LogP contribution < -0.4 is 14.8 Å². The van der Waals surface area contributed by atoms with E-state index < -0.39 is 6.09 Å². The molecule has 1 aliphatic rings. The molecule has 1 N–H and O–H groups in total. The Morgan fingerprint density at radius 1 is 1.25 bits per heavy atom. The van der Waals surface area contributed by atoms with Crippen LogP contribution in [0.25, 0.3) is 21.5 Å². The van der Waals surface area contributed by atoms with Gasteiger partial charge in [0.1, 0.15) is 29.1 Å². The fourth-order valence-electron chi connectivity index (χ4n) is 5.01. The Labute approximate surface area is 240 Å². The first-order chi connectivity index (χ1) is 19.3. The first kappa shape index (κ1) is 27.5. The van der Waals surface area contributed by atoms with E-state index in [2.05, 4.69) is 41.4 Å². The molecule has 206 valence electrons. The first-order valence-corrected chi connectivity index (χ1v) is 14.0. The number of amides is 1. The van der Waals surface area contributed by atoms with Crippen molar-refractivity contribution in [2.75, 3.05) is 20.2 Å². The highest BCUT2D eigenvalue weighted by atomic mass is 35.5. The van der Waals surface area contributed by atoms with E-state index in [-0.39, 0.29) is 29.6 Å². The molecule has 40 heavy (non-hydrogen) atoms. The summed E-state index contributed by atoms with van der Waals surface area (Å²) in [6.07, 6.45) is 0.917. The summed E-state index contributed by atoms with van der Waals surface area (Å²) in [6, 6.07) is 13.3. The molecule has 1 fully saturated rings. The molecular formula is C28H27ClN6O4S. The normalized spacial score (nSPS) is 14.3. The van der Waals surface area contributed by atoms with Crippen LogP contribution in [0.4, 0.5) is 4.79 Å². The number of likely N-dealkylation sites (tertiary alicyclic amines) is 1. The number of hydrogen-bond acceptors (Lipinski definition) is 9. The zero-order chi connectivity index (χ0) is 28.4. The van der Waals surface area contributed by atoms with Crippen LogP contribution >= 0.6 is 22.9 Å². The van der Waals surface area contributed by atoms with E-state index in [9.17, 15) is 15.3 Å². The SMILES string of the molecule is COc1ccc(C#N)c2c1c(C#N)c(OC(=O)NC1CCN(C(C)C)CC1)n2Cc1cc(-c2ccc(Cl)s2)on1. The lowest BCUT2D eigenvalue weighted by molar-refractivity contribution is 0.151. The van der Waals surface area contributed by atoms with Crippen molar-refractivity contribution < 1.29 is 18.8 Å². The summed E-state index contributed by atoms with van der Waals surface area (Å²) in [5.41, 5.74) is 1.27. The molecule has 10 nitrogen and oxygen atoms in total. The van der Waals surface area contributed by atoms with E-state index in [1.54, 1.807) is 28.8 Å². The third-order valence-electron chi connectivity index (χ3n) is 7.04. The van der Waals surface area contributed by atoms with Gasteiger partial charge in [-0.05, 0) is 51.0 Å². The van der Waals surface area contributed by atoms with E-state index in [0.29, 0.717) is 38.5 Å².